The maximum absolute atomic E-state index is 13.2. The van der Waals surface area contributed by atoms with Crippen molar-refractivity contribution in [3.8, 4) is 6.07 Å². The largest absolute Gasteiger partial charge is 0.366 e. The standard InChI is InChI=1S/C24H27N5O2/c1-24-10-11-28(2)20(13-16-6-7-17(22(26)30)12-19(16)24)21(24)29(3)23(31)27-18-8-4-15(14-25)5-9-18/h4-9,12,20-21H,10-11,13H2,1-3H3,(H2,26,30)(H,27,31)/t20-,21+,24?/m1/s1. The molecule has 3 N–H and O–H groups in total. The van der Waals surface area contributed by atoms with Crippen LogP contribution in [-0.2, 0) is 11.8 Å². The van der Waals surface area contributed by atoms with Gasteiger partial charge < -0.3 is 20.9 Å². The molecule has 1 saturated heterocycles. The molecule has 7 heteroatoms. The molecule has 1 aliphatic carbocycles. The number of carbonyl (C=O) groups is 2. The zero-order chi connectivity index (χ0) is 22.3. The summed E-state index contributed by atoms with van der Waals surface area (Å²) in [5.41, 5.74) is 9.26. The van der Waals surface area contributed by atoms with Crippen molar-refractivity contribution < 1.29 is 9.59 Å². The Balaban J connectivity index is 1.67. The highest BCUT2D eigenvalue weighted by atomic mass is 16.2. The van der Waals surface area contributed by atoms with Crippen molar-refractivity contribution in [2.24, 2.45) is 5.73 Å². The van der Waals surface area contributed by atoms with Gasteiger partial charge in [-0.3, -0.25) is 4.79 Å². The molecule has 160 valence electrons. The minimum atomic E-state index is -0.440. The Morgan fingerprint density at radius 3 is 2.61 bits per heavy atom. The zero-order valence-corrected chi connectivity index (χ0v) is 18.1. The van der Waals surface area contributed by atoms with E-state index < -0.39 is 5.91 Å². The molecular weight excluding hydrogens is 390 g/mol. The van der Waals surface area contributed by atoms with Crippen molar-refractivity contribution in [3.05, 3.63) is 64.7 Å². The number of carbonyl (C=O) groups excluding carboxylic acids is 2. The molecule has 1 fully saturated rings. The Kier molecular flexibility index (Phi) is 5.19. The van der Waals surface area contributed by atoms with E-state index in [1.54, 1.807) is 35.2 Å². The second-order valence-corrected chi connectivity index (χ2v) is 8.83. The van der Waals surface area contributed by atoms with E-state index in [9.17, 15) is 9.59 Å². The number of primary amides is 1. The van der Waals surface area contributed by atoms with Crippen LogP contribution in [0, 0.1) is 11.3 Å². The number of urea groups is 1. The number of hydrogen-bond donors (Lipinski definition) is 2. The summed E-state index contributed by atoms with van der Waals surface area (Å²) in [7, 11) is 3.93. The smallest absolute Gasteiger partial charge is 0.321 e. The number of hydrogen-bond acceptors (Lipinski definition) is 4. The van der Waals surface area contributed by atoms with Gasteiger partial charge >= 0.3 is 6.03 Å². The summed E-state index contributed by atoms with van der Waals surface area (Å²) >= 11 is 0. The highest BCUT2D eigenvalue weighted by Crippen LogP contribution is 2.46. The number of amides is 3. The molecular formula is C24H27N5O2. The van der Waals surface area contributed by atoms with Gasteiger partial charge in [-0.2, -0.15) is 5.26 Å². The molecule has 2 bridgehead atoms. The fraction of sp³-hybridized carbons (Fsp3) is 0.375. The number of anilines is 1. The van der Waals surface area contributed by atoms with E-state index in [1.165, 1.54) is 5.56 Å². The number of nitriles is 1. The average Bonchev–Trinajstić information content (AvgIpc) is 2.76. The fourth-order valence-electron chi connectivity index (χ4n) is 5.27. The molecule has 1 aliphatic heterocycles. The third-order valence-electron chi connectivity index (χ3n) is 7.01. The first-order chi connectivity index (χ1) is 14.7. The van der Waals surface area contributed by atoms with E-state index in [0.717, 1.165) is 24.9 Å². The minimum Gasteiger partial charge on any atom is -0.366 e. The monoisotopic (exact) mass is 417 g/mol. The molecule has 7 nitrogen and oxygen atoms in total. The van der Waals surface area contributed by atoms with Gasteiger partial charge in [-0.1, -0.05) is 13.0 Å². The van der Waals surface area contributed by atoms with Crippen LogP contribution in [0.1, 0.15) is 40.4 Å². The summed E-state index contributed by atoms with van der Waals surface area (Å²) in [6, 6.07) is 14.5. The Hall–Kier alpha value is -3.37. The molecule has 0 saturated carbocycles. The Labute approximate surface area is 182 Å². The van der Waals surface area contributed by atoms with Crippen molar-refractivity contribution in [3.63, 3.8) is 0 Å². The van der Waals surface area contributed by atoms with Crippen LogP contribution in [0.2, 0.25) is 0 Å². The van der Waals surface area contributed by atoms with Crippen LogP contribution in [0.3, 0.4) is 0 Å². The van der Waals surface area contributed by atoms with Crippen LogP contribution in [0.15, 0.2) is 42.5 Å². The summed E-state index contributed by atoms with van der Waals surface area (Å²) in [4.78, 5) is 29.1. The zero-order valence-electron chi connectivity index (χ0n) is 18.1. The van der Waals surface area contributed by atoms with Crippen molar-refractivity contribution >= 4 is 17.6 Å². The number of nitrogens with two attached hydrogens (primary N) is 1. The van der Waals surface area contributed by atoms with E-state index in [-0.39, 0.29) is 23.5 Å². The van der Waals surface area contributed by atoms with Crippen LogP contribution in [-0.4, -0.2) is 54.5 Å². The Morgan fingerprint density at radius 1 is 1.26 bits per heavy atom. The third kappa shape index (κ3) is 3.53. The van der Waals surface area contributed by atoms with Crippen molar-refractivity contribution in [1.29, 1.82) is 5.26 Å². The van der Waals surface area contributed by atoms with E-state index in [2.05, 4.69) is 30.3 Å². The number of likely N-dealkylation sites (tertiary alicyclic amines) is 1. The topological polar surface area (TPSA) is 102 Å². The Morgan fingerprint density at radius 2 is 1.97 bits per heavy atom. The van der Waals surface area contributed by atoms with Gasteiger partial charge in [0.15, 0.2) is 0 Å². The lowest BCUT2D eigenvalue weighted by Gasteiger charge is -2.57. The van der Waals surface area contributed by atoms with Crippen LogP contribution in [0.4, 0.5) is 10.5 Å². The lowest BCUT2D eigenvalue weighted by Crippen LogP contribution is -2.67. The van der Waals surface area contributed by atoms with Crippen molar-refractivity contribution in [2.75, 3.05) is 26.0 Å². The number of likely N-dealkylation sites (N-methyl/N-ethyl adjacent to an activating group) is 2. The molecule has 0 spiro atoms. The fourth-order valence-corrected chi connectivity index (χ4v) is 5.27. The number of nitrogens with zero attached hydrogens (tertiary/aromatic N) is 3. The number of nitrogens with one attached hydrogen (secondary N) is 1. The predicted octanol–water partition coefficient (Wildman–Crippen LogP) is 2.71. The van der Waals surface area contributed by atoms with Gasteiger partial charge in [0.25, 0.3) is 0 Å². The molecule has 1 unspecified atom stereocenters. The van der Waals surface area contributed by atoms with E-state index in [1.807, 2.05) is 19.2 Å². The van der Waals surface area contributed by atoms with Crippen LogP contribution >= 0.6 is 0 Å². The minimum absolute atomic E-state index is 0.0692. The number of piperidine rings is 1. The maximum atomic E-state index is 13.2. The van der Waals surface area contributed by atoms with Gasteiger partial charge in [0.1, 0.15) is 0 Å². The molecule has 4 rings (SSSR count). The first kappa shape index (κ1) is 20.9. The first-order valence-electron chi connectivity index (χ1n) is 10.4. The number of rotatable bonds is 3. The van der Waals surface area contributed by atoms with Crippen LogP contribution in [0.5, 0.6) is 0 Å². The highest BCUT2D eigenvalue weighted by molar-refractivity contribution is 5.93. The lowest BCUT2D eigenvalue weighted by atomic mass is 9.61. The van der Waals surface area contributed by atoms with E-state index >= 15 is 0 Å². The molecule has 0 radical (unpaired) electrons. The van der Waals surface area contributed by atoms with Gasteiger partial charge in [0.05, 0.1) is 17.7 Å². The predicted molar refractivity (Wildman–Crippen MR) is 119 cm³/mol. The average molecular weight is 418 g/mol. The second-order valence-electron chi connectivity index (χ2n) is 8.83. The first-order valence-corrected chi connectivity index (χ1v) is 10.4. The molecule has 31 heavy (non-hydrogen) atoms. The number of benzene rings is 2. The molecule has 2 aliphatic rings. The van der Waals surface area contributed by atoms with Crippen molar-refractivity contribution in [1.82, 2.24) is 9.80 Å². The summed E-state index contributed by atoms with van der Waals surface area (Å²) < 4.78 is 0. The van der Waals surface area contributed by atoms with Gasteiger partial charge in [-0.15, -0.1) is 0 Å². The molecule has 2 aromatic rings. The van der Waals surface area contributed by atoms with E-state index in [4.69, 9.17) is 11.0 Å². The normalized spacial score (nSPS) is 24.6. The van der Waals surface area contributed by atoms with Gasteiger partial charge in [0, 0.05) is 29.8 Å². The number of fused-ring (bicyclic) bond motifs is 4. The molecule has 1 heterocycles. The molecule has 2 aromatic carbocycles. The SMILES string of the molecule is CN1CCC2(C)c3cc(C(N)=O)ccc3C[C@@H]1[C@@H]2N(C)C(=O)Nc1ccc(C#N)cc1. The van der Waals surface area contributed by atoms with Crippen molar-refractivity contribution in [2.45, 2.75) is 37.3 Å². The molecule has 0 aromatic heterocycles. The summed E-state index contributed by atoms with van der Waals surface area (Å²) in [5, 5.41) is 11.9. The lowest BCUT2D eigenvalue weighted by molar-refractivity contribution is 0.0214. The third-order valence-corrected chi connectivity index (χ3v) is 7.01. The van der Waals surface area contributed by atoms with E-state index in [0.29, 0.717) is 16.8 Å². The second kappa shape index (κ2) is 7.71. The van der Waals surface area contributed by atoms with Gasteiger partial charge in [0.2, 0.25) is 5.91 Å². The molecule has 3 atom stereocenters. The van der Waals surface area contributed by atoms with Gasteiger partial charge in [-0.25, -0.2) is 4.79 Å². The summed E-state index contributed by atoms with van der Waals surface area (Å²) in [6.45, 7) is 3.11. The summed E-state index contributed by atoms with van der Waals surface area (Å²) in [5.74, 6) is -0.440. The quantitative estimate of drug-likeness (QED) is 0.801. The summed E-state index contributed by atoms with van der Waals surface area (Å²) in [6.07, 6.45) is 1.67. The van der Waals surface area contributed by atoms with Crippen LogP contribution < -0.4 is 11.1 Å². The molecule has 3 amide bonds. The maximum Gasteiger partial charge on any atom is 0.321 e. The van der Waals surface area contributed by atoms with Gasteiger partial charge in [-0.05, 0) is 74.0 Å². The van der Waals surface area contributed by atoms with Crippen LogP contribution in [0.25, 0.3) is 0 Å². The highest BCUT2D eigenvalue weighted by Gasteiger charge is 2.52. The Bertz CT molecular complexity index is 1070.